The molecule has 0 N–H and O–H groups in total. The van der Waals surface area contributed by atoms with E-state index in [0.29, 0.717) is 0 Å². The van der Waals surface area contributed by atoms with Gasteiger partial charge in [-0.1, -0.05) is 42.5 Å². The highest BCUT2D eigenvalue weighted by molar-refractivity contribution is 5.05. The van der Waals surface area contributed by atoms with E-state index in [4.69, 9.17) is 0 Å². The van der Waals surface area contributed by atoms with Gasteiger partial charge in [-0.25, -0.2) is 0 Å². The minimum atomic E-state index is 1.05. The standard InChI is InChI=1S/C14H19/c1-2-4-6-8-10-12-14-13-11-9-7-5-3-1/h1-4,7,9,14H,5-6,8,10-11,13H2. The maximum absolute atomic E-state index is 3.33. The van der Waals surface area contributed by atoms with Crippen LogP contribution in [0.4, 0.5) is 0 Å². The molecule has 0 heterocycles. The molecule has 0 nitrogen and oxygen atoms in total. The minimum Gasteiger partial charge on any atom is -0.0879 e. The lowest BCUT2D eigenvalue weighted by molar-refractivity contribution is 0.847. The Morgan fingerprint density at radius 1 is 0.786 bits per heavy atom. The Labute approximate surface area is 87.7 Å². The van der Waals surface area contributed by atoms with Gasteiger partial charge < -0.3 is 0 Å². The molecular weight excluding hydrogens is 168 g/mol. The van der Waals surface area contributed by atoms with Crippen molar-refractivity contribution in [2.45, 2.75) is 38.5 Å². The van der Waals surface area contributed by atoms with Gasteiger partial charge in [0.1, 0.15) is 0 Å². The van der Waals surface area contributed by atoms with E-state index in [-0.39, 0.29) is 0 Å². The molecule has 1 aliphatic rings. The second-order valence-electron chi connectivity index (χ2n) is 3.44. The van der Waals surface area contributed by atoms with Gasteiger partial charge in [-0.05, 0) is 44.6 Å². The molecule has 0 aromatic rings. The van der Waals surface area contributed by atoms with Gasteiger partial charge in [0.15, 0.2) is 0 Å². The summed E-state index contributed by atoms with van der Waals surface area (Å²) < 4.78 is 0. The van der Waals surface area contributed by atoms with Gasteiger partial charge >= 0.3 is 0 Å². The van der Waals surface area contributed by atoms with Crippen molar-refractivity contribution in [3.8, 4) is 0 Å². The molecule has 0 fully saturated rings. The molecule has 0 saturated heterocycles. The molecule has 0 spiro atoms. The van der Waals surface area contributed by atoms with E-state index in [2.05, 4.69) is 48.6 Å². The van der Waals surface area contributed by atoms with Gasteiger partial charge in [-0.3, -0.25) is 0 Å². The normalized spacial score (nSPS) is 19.4. The van der Waals surface area contributed by atoms with Crippen LogP contribution in [0.25, 0.3) is 0 Å². The molecule has 14 heavy (non-hydrogen) atoms. The molecule has 0 aromatic heterocycles. The third-order valence-electron chi connectivity index (χ3n) is 2.14. The van der Waals surface area contributed by atoms with Gasteiger partial charge in [0, 0.05) is 0 Å². The molecule has 0 atom stereocenters. The van der Waals surface area contributed by atoms with Crippen LogP contribution in [0.3, 0.4) is 0 Å². The van der Waals surface area contributed by atoms with Crippen LogP contribution in [0, 0.1) is 6.08 Å². The Morgan fingerprint density at radius 2 is 1.71 bits per heavy atom. The second kappa shape index (κ2) is 8.55. The van der Waals surface area contributed by atoms with Crippen molar-refractivity contribution in [1.82, 2.24) is 0 Å². The summed E-state index contributed by atoms with van der Waals surface area (Å²) in [4.78, 5) is 0. The van der Waals surface area contributed by atoms with Crippen molar-refractivity contribution in [3.05, 3.63) is 48.6 Å². The summed E-state index contributed by atoms with van der Waals surface area (Å²) in [7, 11) is 0. The first-order valence-corrected chi connectivity index (χ1v) is 5.52. The quantitative estimate of drug-likeness (QED) is 0.494. The van der Waals surface area contributed by atoms with Crippen LogP contribution >= 0.6 is 0 Å². The van der Waals surface area contributed by atoms with Crippen molar-refractivity contribution < 1.29 is 0 Å². The Morgan fingerprint density at radius 3 is 2.71 bits per heavy atom. The van der Waals surface area contributed by atoms with Crippen LogP contribution in [0.1, 0.15) is 38.5 Å². The van der Waals surface area contributed by atoms with E-state index in [0.717, 1.165) is 25.7 Å². The highest BCUT2D eigenvalue weighted by atomic mass is 13.9. The van der Waals surface area contributed by atoms with Crippen molar-refractivity contribution in [1.29, 1.82) is 0 Å². The number of allylic oxidation sites excluding steroid dienone is 8. The molecule has 1 rings (SSSR count). The number of hydrogen-bond acceptors (Lipinski definition) is 0. The predicted octanol–water partition coefficient (Wildman–Crippen LogP) is 4.37. The Balaban J connectivity index is 2.34. The summed E-state index contributed by atoms with van der Waals surface area (Å²) in [5.41, 5.74) is 0. The molecule has 0 unspecified atom stereocenters. The summed E-state index contributed by atoms with van der Waals surface area (Å²) in [6.07, 6.45) is 25.5. The van der Waals surface area contributed by atoms with Crippen molar-refractivity contribution >= 4 is 0 Å². The first kappa shape index (κ1) is 11.0. The summed E-state index contributed by atoms with van der Waals surface area (Å²) in [6.45, 7) is 0. The smallest absolute Gasteiger partial charge is 0.0166 e. The topological polar surface area (TPSA) is 0 Å². The molecule has 0 aliphatic heterocycles. The van der Waals surface area contributed by atoms with Crippen molar-refractivity contribution in [3.63, 3.8) is 0 Å². The highest BCUT2D eigenvalue weighted by Crippen LogP contribution is 2.01. The fourth-order valence-corrected chi connectivity index (χ4v) is 1.33. The maximum Gasteiger partial charge on any atom is -0.0166 e. The van der Waals surface area contributed by atoms with E-state index in [1.165, 1.54) is 12.8 Å². The van der Waals surface area contributed by atoms with E-state index >= 15 is 0 Å². The Bertz CT molecular complexity index is 228. The average Bonchev–Trinajstić information content (AvgIpc) is 2.22. The van der Waals surface area contributed by atoms with E-state index in [1.807, 2.05) is 0 Å². The molecule has 75 valence electrons. The zero-order chi connectivity index (χ0) is 9.90. The van der Waals surface area contributed by atoms with E-state index in [1.54, 1.807) is 0 Å². The molecule has 0 amide bonds. The molecule has 0 heteroatoms. The molecule has 0 aromatic carbocycles. The molecule has 1 radical (unpaired) electrons. The third kappa shape index (κ3) is 6.47. The first-order chi connectivity index (χ1) is 7.00. The van der Waals surface area contributed by atoms with Crippen LogP contribution in [0.5, 0.6) is 0 Å². The summed E-state index contributed by atoms with van der Waals surface area (Å²) in [5, 5.41) is 0. The van der Waals surface area contributed by atoms with Crippen LogP contribution in [0.15, 0.2) is 42.5 Å². The zero-order valence-corrected chi connectivity index (χ0v) is 8.78. The lowest BCUT2D eigenvalue weighted by Crippen LogP contribution is -1.72. The van der Waals surface area contributed by atoms with Crippen LogP contribution < -0.4 is 0 Å². The zero-order valence-electron chi connectivity index (χ0n) is 8.78. The Hall–Kier alpha value is -1.04. The maximum atomic E-state index is 3.33. The number of rotatable bonds is 0. The predicted molar refractivity (Wildman–Crippen MR) is 62.9 cm³/mol. The van der Waals surface area contributed by atoms with Crippen molar-refractivity contribution in [2.75, 3.05) is 0 Å². The first-order valence-electron chi connectivity index (χ1n) is 5.52. The van der Waals surface area contributed by atoms with Gasteiger partial charge in [0.05, 0.1) is 0 Å². The largest absolute Gasteiger partial charge is 0.0879 e. The highest BCUT2D eigenvalue weighted by Gasteiger charge is 1.82. The minimum absolute atomic E-state index is 1.05. The van der Waals surface area contributed by atoms with Crippen LogP contribution in [-0.4, -0.2) is 0 Å². The van der Waals surface area contributed by atoms with E-state index < -0.39 is 0 Å². The average molecular weight is 187 g/mol. The SMILES string of the molecule is [C]1=CCCC=CCC=CC=CCCC1. The molecule has 1 aliphatic carbocycles. The fourth-order valence-electron chi connectivity index (χ4n) is 1.33. The second-order valence-corrected chi connectivity index (χ2v) is 3.44. The van der Waals surface area contributed by atoms with Gasteiger partial charge in [0.25, 0.3) is 0 Å². The third-order valence-corrected chi connectivity index (χ3v) is 2.14. The van der Waals surface area contributed by atoms with Gasteiger partial charge in [-0.2, -0.15) is 0 Å². The summed E-state index contributed by atoms with van der Waals surface area (Å²) >= 11 is 0. The Kier molecular flexibility index (Phi) is 6.74. The van der Waals surface area contributed by atoms with Crippen LogP contribution in [0.2, 0.25) is 0 Å². The van der Waals surface area contributed by atoms with Crippen LogP contribution in [-0.2, 0) is 0 Å². The summed E-state index contributed by atoms with van der Waals surface area (Å²) in [5.74, 6) is 0. The molecule has 0 saturated carbocycles. The summed E-state index contributed by atoms with van der Waals surface area (Å²) in [6, 6.07) is 0. The van der Waals surface area contributed by atoms with E-state index in [9.17, 15) is 0 Å². The van der Waals surface area contributed by atoms with Crippen molar-refractivity contribution in [2.24, 2.45) is 0 Å². The number of hydrogen-bond donors (Lipinski definition) is 0. The molecular formula is C14H19. The lowest BCUT2D eigenvalue weighted by Gasteiger charge is -1.91. The molecule has 0 bridgehead atoms. The fraction of sp³-hybridized carbons (Fsp3) is 0.429. The lowest BCUT2D eigenvalue weighted by atomic mass is 10.2. The van der Waals surface area contributed by atoms with Gasteiger partial charge in [0.2, 0.25) is 0 Å². The monoisotopic (exact) mass is 187 g/mol. The van der Waals surface area contributed by atoms with Gasteiger partial charge in [-0.15, -0.1) is 0 Å².